The number of carbonyl (C=O) groups excluding carboxylic acids is 1. The fourth-order valence-corrected chi connectivity index (χ4v) is 3.47. The van der Waals surface area contributed by atoms with Gasteiger partial charge in [-0.2, -0.15) is 0 Å². The molecule has 5 heteroatoms. The molecule has 0 bridgehead atoms. The molecule has 2 aliphatic heterocycles. The lowest BCUT2D eigenvalue weighted by Gasteiger charge is -2.34. The number of likely N-dealkylation sites (tertiary alicyclic amines) is 1. The predicted molar refractivity (Wildman–Crippen MR) is 95.1 cm³/mol. The third-order valence-electron chi connectivity index (χ3n) is 5.02. The van der Waals surface area contributed by atoms with E-state index in [-0.39, 0.29) is 5.91 Å². The fraction of sp³-hybridized carbons (Fsp3) is 0.632. The topological polar surface area (TPSA) is 36.0 Å². The Kier molecular flexibility index (Phi) is 6.10. The van der Waals surface area contributed by atoms with Crippen molar-refractivity contribution in [3.8, 4) is 5.75 Å². The van der Waals surface area contributed by atoms with E-state index in [1.54, 1.807) is 6.92 Å². The molecule has 132 valence electrons. The van der Waals surface area contributed by atoms with Crippen molar-refractivity contribution >= 4 is 5.91 Å². The minimum Gasteiger partial charge on any atom is -0.492 e. The van der Waals surface area contributed by atoms with Crippen molar-refractivity contribution in [1.29, 1.82) is 0 Å². The van der Waals surface area contributed by atoms with Crippen molar-refractivity contribution in [2.24, 2.45) is 0 Å². The molecule has 0 N–H and O–H groups in total. The van der Waals surface area contributed by atoms with Crippen molar-refractivity contribution in [3.05, 3.63) is 29.8 Å². The van der Waals surface area contributed by atoms with Gasteiger partial charge in [0.05, 0.1) is 0 Å². The lowest BCUT2D eigenvalue weighted by atomic mass is 10.2. The molecular weight excluding hydrogens is 302 g/mol. The maximum atomic E-state index is 11.4. The quantitative estimate of drug-likeness (QED) is 0.797. The van der Waals surface area contributed by atoms with E-state index >= 15 is 0 Å². The summed E-state index contributed by atoms with van der Waals surface area (Å²) in [5, 5.41) is 0. The van der Waals surface area contributed by atoms with Crippen molar-refractivity contribution < 1.29 is 9.53 Å². The molecule has 3 rings (SSSR count). The summed E-state index contributed by atoms with van der Waals surface area (Å²) < 4.78 is 5.85. The number of hydrogen-bond donors (Lipinski definition) is 0. The van der Waals surface area contributed by atoms with E-state index in [2.05, 4.69) is 34.1 Å². The van der Waals surface area contributed by atoms with Crippen LogP contribution in [0.1, 0.15) is 25.3 Å². The van der Waals surface area contributed by atoms with E-state index in [0.717, 1.165) is 51.6 Å². The number of carbonyl (C=O) groups is 1. The molecule has 1 aromatic carbocycles. The Morgan fingerprint density at radius 3 is 2.25 bits per heavy atom. The number of piperazine rings is 1. The summed E-state index contributed by atoms with van der Waals surface area (Å²) in [6.45, 7) is 10.4. The van der Waals surface area contributed by atoms with E-state index < -0.39 is 0 Å². The van der Waals surface area contributed by atoms with Gasteiger partial charge >= 0.3 is 0 Å². The van der Waals surface area contributed by atoms with E-state index in [0.29, 0.717) is 0 Å². The zero-order valence-electron chi connectivity index (χ0n) is 14.7. The van der Waals surface area contributed by atoms with E-state index in [1.807, 2.05) is 4.90 Å². The van der Waals surface area contributed by atoms with Crippen molar-refractivity contribution in [2.75, 3.05) is 52.4 Å². The van der Waals surface area contributed by atoms with Crippen molar-refractivity contribution in [3.63, 3.8) is 0 Å². The lowest BCUT2D eigenvalue weighted by Crippen LogP contribution is -2.47. The number of benzene rings is 1. The summed E-state index contributed by atoms with van der Waals surface area (Å²) in [6, 6.07) is 8.46. The number of nitrogens with zero attached hydrogens (tertiary/aromatic N) is 3. The maximum absolute atomic E-state index is 11.4. The largest absolute Gasteiger partial charge is 0.492 e. The second kappa shape index (κ2) is 8.49. The van der Waals surface area contributed by atoms with Crippen LogP contribution >= 0.6 is 0 Å². The van der Waals surface area contributed by atoms with Crippen LogP contribution in [0.4, 0.5) is 0 Å². The van der Waals surface area contributed by atoms with Gasteiger partial charge in [-0.3, -0.25) is 14.6 Å². The summed E-state index contributed by atoms with van der Waals surface area (Å²) in [5.74, 6) is 1.14. The molecule has 1 aromatic rings. The van der Waals surface area contributed by atoms with Crippen LogP contribution in [0.25, 0.3) is 0 Å². The Morgan fingerprint density at radius 1 is 0.958 bits per heavy atom. The molecule has 0 spiro atoms. The van der Waals surface area contributed by atoms with Crippen LogP contribution in [0.5, 0.6) is 5.75 Å². The van der Waals surface area contributed by atoms with Crippen LogP contribution in [0, 0.1) is 0 Å². The van der Waals surface area contributed by atoms with Crippen LogP contribution in [0.3, 0.4) is 0 Å². The molecule has 5 nitrogen and oxygen atoms in total. The summed E-state index contributed by atoms with van der Waals surface area (Å²) >= 11 is 0. The van der Waals surface area contributed by atoms with Gasteiger partial charge in [-0.15, -0.1) is 0 Å². The Balaban J connectivity index is 1.39. The number of hydrogen-bond acceptors (Lipinski definition) is 4. The first kappa shape index (κ1) is 17.2. The number of ether oxygens (including phenoxy) is 1. The van der Waals surface area contributed by atoms with Crippen LogP contribution in [0.15, 0.2) is 24.3 Å². The van der Waals surface area contributed by atoms with E-state index in [1.165, 1.54) is 31.5 Å². The molecule has 2 saturated heterocycles. The molecule has 1 amide bonds. The third-order valence-corrected chi connectivity index (χ3v) is 5.02. The van der Waals surface area contributed by atoms with Gasteiger partial charge in [-0.05, 0) is 43.6 Å². The Labute approximate surface area is 145 Å². The summed E-state index contributed by atoms with van der Waals surface area (Å²) in [6.07, 6.45) is 2.66. The zero-order valence-corrected chi connectivity index (χ0v) is 14.7. The third kappa shape index (κ3) is 4.95. The molecule has 0 radical (unpaired) electrons. The molecule has 0 unspecified atom stereocenters. The first-order valence-corrected chi connectivity index (χ1v) is 9.13. The molecule has 0 atom stereocenters. The lowest BCUT2D eigenvalue weighted by molar-refractivity contribution is -0.130. The van der Waals surface area contributed by atoms with Crippen molar-refractivity contribution in [2.45, 2.75) is 26.3 Å². The monoisotopic (exact) mass is 331 g/mol. The highest BCUT2D eigenvalue weighted by molar-refractivity contribution is 5.73. The summed E-state index contributed by atoms with van der Waals surface area (Å²) in [4.78, 5) is 18.2. The second-order valence-electron chi connectivity index (χ2n) is 6.82. The molecule has 0 aromatic heterocycles. The Morgan fingerprint density at radius 2 is 1.62 bits per heavy atom. The highest BCUT2D eigenvalue weighted by Crippen LogP contribution is 2.15. The average Bonchev–Trinajstić information content (AvgIpc) is 3.10. The highest BCUT2D eigenvalue weighted by atomic mass is 16.5. The van der Waals surface area contributed by atoms with Crippen molar-refractivity contribution in [1.82, 2.24) is 14.7 Å². The first-order valence-electron chi connectivity index (χ1n) is 9.13. The predicted octanol–water partition coefficient (Wildman–Crippen LogP) is 1.83. The smallest absolute Gasteiger partial charge is 0.219 e. The Bertz CT molecular complexity index is 518. The van der Waals surface area contributed by atoms with Crippen LogP contribution in [-0.2, 0) is 11.3 Å². The van der Waals surface area contributed by atoms with E-state index in [4.69, 9.17) is 4.74 Å². The highest BCUT2D eigenvalue weighted by Gasteiger charge is 2.18. The average molecular weight is 331 g/mol. The van der Waals surface area contributed by atoms with Gasteiger partial charge in [0.2, 0.25) is 5.91 Å². The molecule has 2 fully saturated rings. The van der Waals surface area contributed by atoms with E-state index in [9.17, 15) is 4.79 Å². The van der Waals surface area contributed by atoms with Crippen LogP contribution in [-0.4, -0.2) is 73.0 Å². The second-order valence-corrected chi connectivity index (χ2v) is 6.82. The van der Waals surface area contributed by atoms with Gasteiger partial charge in [0.25, 0.3) is 0 Å². The van der Waals surface area contributed by atoms with Gasteiger partial charge in [-0.25, -0.2) is 0 Å². The maximum Gasteiger partial charge on any atom is 0.219 e. The molecular formula is C19H29N3O2. The molecule has 24 heavy (non-hydrogen) atoms. The molecule has 2 heterocycles. The van der Waals surface area contributed by atoms with Gasteiger partial charge in [0.1, 0.15) is 12.4 Å². The van der Waals surface area contributed by atoms with Gasteiger partial charge in [-0.1, -0.05) is 12.1 Å². The summed E-state index contributed by atoms with van der Waals surface area (Å²) in [7, 11) is 0. The first-order chi connectivity index (χ1) is 11.7. The SMILES string of the molecule is CC(=O)N1CCN(Cc2ccc(OCCN3CCCC3)cc2)CC1. The molecule has 0 saturated carbocycles. The minimum atomic E-state index is 0.185. The van der Waals surface area contributed by atoms with Gasteiger partial charge in [0.15, 0.2) is 0 Å². The Hall–Kier alpha value is -1.59. The fourth-order valence-electron chi connectivity index (χ4n) is 3.47. The summed E-state index contributed by atoms with van der Waals surface area (Å²) in [5.41, 5.74) is 1.30. The number of rotatable bonds is 6. The minimum absolute atomic E-state index is 0.185. The number of amides is 1. The van der Waals surface area contributed by atoms with Crippen LogP contribution in [0.2, 0.25) is 0 Å². The standard InChI is InChI=1S/C19H29N3O2/c1-17(23)22-12-10-21(11-13-22)16-18-4-6-19(7-5-18)24-15-14-20-8-2-3-9-20/h4-7H,2-3,8-16H2,1H3. The van der Waals surface area contributed by atoms with Gasteiger partial charge < -0.3 is 9.64 Å². The molecule has 2 aliphatic rings. The zero-order chi connectivity index (χ0) is 16.8. The normalized spacial score (nSPS) is 19.6. The molecule has 0 aliphatic carbocycles. The van der Waals surface area contributed by atoms with Gasteiger partial charge in [0, 0.05) is 46.2 Å². The van der Waals surface area contributed by atoms with Crippen LogP contribution < -0.4 is 4.74 Å².